The van der Waals surface area contributed by atoms with E-state index in [1.165, 1.54) is 23.8 Å². The molecule has 0 atom stereocenters. The Kier molecular flexibility index (Phi) is 6.10. The third-order valence-corrected chi connectivity index (χ3v) is 6.73. The Hall–Kier alpha value is -3.42. The molecule has 0 saturated carbocycles. The van der Waals surface area contributed by atoms with Gasteiger partial charge < -0.3 is 4.74 Å². The van der Waals surface area contributed by atoms with E-state index in [1.54, 1.807) is 30.3 Å². The van der Waals surface area contributed by atoms with Crippen LogP contribution in [0.5, 0.6) is 0 Å². The number of aromatic nitrogens is 1. The summed E-state index contributed by atoms with van der Waals surface area (Å²) in [5.41, 5.74) is 1.53. The number of sulfone groups is 1. The summed E-state index contributed by atoms with van der Waals surface area (Å²) in [5, 5.41) is 1.25. The molecular formula is C25H20ClNO5S. The third kappa shape index (κ3) is 4.42. The minimum Gasteiger partial charge on any atom is -0.464 e. The van der Waals surface area contributed by atoms with Gasteiger partial charge in [0.25, 0.3) is 5.56 Å². The number of halogens is 1. The molecule has 4 aromatic rings. The second-order valence-electron chi connectivity index (χ2n) is 7.58. The van der Waals surface area contributed by atoms with Crippen LogP contribution in [0.25, 0.3) is 21.9 Å². The predicted molar refractivity (Wildman–Crippen MR) is 129 cm³/mol. The fourth-order valence-corrected chi connectivity index (χ4v) is 4.61. The predicted octanol–water partition coefficient (Wildman–Crippen LogP) is 4.56. The van der Waals surface area contributed by atoms with Crippen molar-refractivity contribution in [3.8, 4) is 11.1 Å². The minimum atomic E-state index is -3.41. The minimum absolute atomic E-state index is 0.0632. The number of carbonyl (C=O) groups excluding carboxylic acids is 1. The van der Waals surface area contributed by atoms with Crippen LogP contribution in [0.1, 0.15) is 16.1 Å². The van der Waals surface area contributed by atoms with Crippen LogP contribution < -0.4 is 5.56 Å². The molecule has 33 heavy (non-hydrogen) atoms. The number of rotatable bonds is 5. The quantitative estimate of drug-likeness (QED) is 0.390. The Bertz CT molecular complexity index is 1530. The summed E-state index contributed by atoms with van der Waals surface area (Å²) < 4.78 is 30.3. The van der Waals surface area contributed by atoms with Crippen LogP contribution in [-0.2, 0) is 21.1 Å². The molecule has 0 amide bonds. The second-order valence-corrected chi connectivity index (χ2v) is 10.0. The molecule has 4 rings (SSSR count). The molecule has 0 aliphatic rings. The summed E-state index contributed by atoms with van der Waals surface area (Å²) in [6.45, 7) is 0.150. The fraction of sp³-hybridized carbons (Fsp3) is 0.120. The van der Waals surface area contributed by atoms with Crippen molar-refractivity contribution in [3.05, 3.63) is 99.4 Å². The summed E-state index contributed by atoms with van der Waals surface area (Å²) in [6.07, 6.45) is 1.12. The zero-order chi connectivity index (χ0) is 23.8. The van der Waals surface area contributed by atoms with E-state index in [-0.39, 0.29) is 22.7 Å². The average molecular weight is 482 g/mol. The lowest BCUT2D eigenvalue weighted by Crippen LogP contribution is -2.28. The number of nitrogens with zero attached hydrogens (tertiary/aromatic N) is 1. The van der Waals surface area contributed by atoms with E-state index in [2.05, 4.69) is 0 Å². The van der Waals surface area contributed by atoms with Gasteiger partial charge >= 0.3 is 5.97 Å². The zero-order valence-electron chi connectivity index (χ0n) is 17.9. The van der Waals surface area contributed by atoms with Gasteiger partial charge in [0.1, 0.15) is 5.69 Å². The molecule has 0 aliphatic carbocycles. The van der Waals surface area contributed by atoms with Crippen molar-refractivity contribution in [1.29, 1.82) is 0 Å². The monoisotopic (exact) mass is 481 g/mol. The van der Waals surface area contributed by atoms with Crippen molar-refractivity contribution in [2.75, 3.05) is 13.4 Å². The van der Waals surface area contributed by atoms with E-state index >= 15 is 0 Å². The number of hydrogen-bond acceptors (Lipinski definition) is 5. The number of pyridine rings is 1. The number of esters is 1. The first-order chi connectivity index (χ1) is 15.7. The van der Waals surface area contributed by atoms with Crippen LogP contribution in [0.3, 0.4) is 0 Å². The molecule has 1 aromatic heterocycles. The summed E-state index contributed by atoms with van der Waals surface area (Å²) in [4.78, 5) is 26.6. The van der Waals surface area contributed by atoms with E-state index in [0.29, 0.717) is 26.9 Å². The summed E-state index contributed by atoms with van der Waals surface area (Å²) in [5.74, 6) is -0.688. The van der Waals surface area contributed by atoms with Crippen molar-refractivity contribution in [2.45, 2.75) is 11.4 Å². The molecule has 0 bridgehead atoms. The molecule has 0 radical (unpaired) electrons. The van der Waals surface area contributed by atoms with Crippen molar-refractivity contribution in [2.24, 2.45) is 0 Å². The van der Waals surface area contributed by atoms with Gasteiger partial charge in [0.05, 0.1) is 18.6 Å². The zero-order valence-corrected chi connectivity index (χ0v) is 19.5. The highest BCUT2D eigenvalue weighted by molar-refractivity contribution is 7.90. The number of benzene rings is 3. The average Bonchev–Trinajstić information content (AvgIpc) is 2.80. The third-order valence-electron chi connectivity index (χ3n) is 5.37. The molecular weight excluding hydrogens is 462 g/mol. The number of ether oxygens (including phenoxy) is 1. The maximum Gasteiger partial charge on any atom is 0.355 e. The molecule has 1 heterocycles. The lowest BCUT2D eigenvalue weighted by Gasteiger charge is -2.19. The van der Waals surface area contributed by atoms with Crippen LogP contribution in [0, 0.1) is 0 Å². The summed E-state index contributed by atoms with van der Waals surface area (Å²) in [7, 11) is -2.16. The Labute approximate surface area is 195 Å². The van der Waals surface area contributed by atoms with E-state index in [0.717, 1.165) is 11.8 Å². The molecule has 0 fully saturated rings. The van der Waals surface area contributed by atoms with Gasteiger partial charge in [0.2, 0.25) is 0 Å². The topological polar surface area (TPSA) is 82.4 Å². The van der Waals surface area contributed by atoms with Gasteiger partial charge in [-0.25, -0.2) is 13.2 Å². The largest absolute Gasteiger partial charge is 0.464 e. The second kappa shape index (κ2) is 8.84. The van der Waals surface area contributed by atoms with E-state index in [1.807, 2.05) is 30.3 Å². The number of methoxy groups -OCH3 is 1. The van der Waals surface area contributed by atoms with Crippen molar-refractivity contribution < 1.29 is 17.9 Å². The van der Waals surface area contributed by atoms with Crippen molar-refractivity contribution >= 4 is 38.2 Å². The van der Waals surface area contributed by atoms with Crippen molar-refractivity contribution in [1.82, 2.24) is 4.57 Å². The fourth-order valence-electron chi connectivity index (χ4n) is 3.81. The smallest absolute Gasteiger partial charge is 0.355 e. The first kappa shape index (κ1) is 22.8. The SMILES string of the molecule is COC(=O)c1c(-c2ccc(S(C)(=O)=O)cc2)c2cc(Cl)ccc2c(=O)n1Cc1ccccc1. The Balaban J connectivity index is 2.11. The van der Waals surface area contributed by atoms with Gasteiger partial charge in [-0.2, -0.15) is 0 Å². The molecule has 0 N–H and O–H groups in total. The highest BCUT2D eigenvalue weighted by Gasteiger charge is 2.24. The van der Waals surface area contributed by atoms with Crippen LogP contribution in [0.2, 0.25) is 5.02 Å². The Morgan fingerprint density at radius 3 is 2.24 bits per heavy atom. The molecule has 168 valence electrons. The summed E-state index contributed by atoms with van der Waals surface area (Å²) in [6, 6.07) is 20.3. The summed E-state index contributed by atoms with van der Waals surface area (Å²) >= 11 is 6.25. The van der Waals surface area contributed by atoms with Gasteiger partial charge in [-0.1, -0.05) is 54.1 Å². The molecule has 0 unspecified atom stereocenters. The molecule has 3 aromatic carbocycles. The Morgan fingerprint density at radius 1 is 0.970 bits per heavy atom. The van der Waals surface area contributed by atoms with Gasteiger partial charge in [0, 0.05) is 22.2 Å². The lowest BCUT2D eigenvalue weighted by molar-refractivity contribution is 0.0588. The highest BCUT2D eigenvalue weighted by Crippen LogP contribution is 2.33. The maximum absolute atomic E-state index is 13.5. The van der Waals surface area contributed by atoms with E-state index in [9.17, 15) is 18.0 Å². The first-order valence-electron chi connectivity index (χ1n) is 9.99. The number of hydrogen-bond donors (Lipinski definition) is 0. The Morgan fingerprint density at radius 2 is 1.64 bits per heavy atom. The number of carbonyl (C=O) groups is 1. The molecule has 0 aliphatic heterocycles. The number of fused-ring (bicyclic) bond motifs is 1. The van der Waals surface area contributed by atoms with Gasteiger partial charge in [0.15, 0.2) is 9.84 Å². The van der Waals surface area contributed by atoms with Gasteiger partial charge in [-0.15, -0.1) is 0 Å². The molecule has 0 spiro atoms. The van der Waals surface area contributed by atoms with Crippen LogP contribution in [-0.4, -0.2) is 32.3 Å². The van der Waals surface area contributed by atoms with Crippen LogP contribution in [0.4, 0.5) is 0 Å². The normalized spacial score (nSPS) is 11.5. The van der Waals surface area contributed by atoms with E-state index in [4.69, 9.17) is 16.3 Å². The lowest BCUT2D eigenvalue weighted by atomic mass is 9.96. The molecule has 8 heteroatoms. The standard InChI is InChI=1S/C25H20ClNO5S/c1-32-25(29)23-22(17-8-11-19(12-9-17)33(2,30)31)21-14-18(26)10-13-20(21)24(28)27(23)15-16-6-4-3-5-7-16/h3-14H,15H2,1-2H3. The molecule has 6 nitrogen and oxygen atoms in total. The van der Waals surface area contributed by atoms with Gasteiger partial charge in [-0.05, 0) is 46.8 Å². The first-order valence-corrected chi connectivity index (χ1v) is 12.3. The van der Waals surface area contributed by atoms with E-state index < -0.39 is 15.8 Å². The van der Waals surface area contributed by atoms with Crippen molar-refractivity contribution in [3.63, 3.8) is 0 Å². The van der Waals surface area contributed by atoms with Crippen LogP contribution in [0.15, 0.2) is 82.5 Å². The van der Waals surface area contributed by atoms with Crippen LogP contribution >= 0.6 is 11.6 Å². The van der Waals surface area contributed by atoms with Gasteiger partial charge in [-0.3, -0.25) is 9.36 Å². The maximum atomic E-state index is 13.5. The highest BCUT2D eigenvalue weighted by atomic mass is 35.5. The molecule has 0 saturated heterocycles.